The van der Waals surface area contributed by atoms with Crippen LogP contribution in [0.3, 0.4) is 0 Å². The number of carbonyl (C=O) groups excluding carboxylic acids is 1. The van der Waals surface area contributed by atoms with Gasteiger partial charge in [0.2, 0.25) is 5.91 Å². The minimum Gasteiger partial charge on any atom is -0.358 e. The first-order valence-corrected chi connectivity index (χ1v) is 12.2. The number of amides is 1. The second-order valence-electron chi connectivity index (χ2n) is 8.26. The lowest BCUT2D eigenvalue weighted by Crippen LogP contribution is -2.14. The number of hydrogen-bond donors (Lipinski definition) is 2. The molecule has 0 aliphatic rings. The number of anilines is 1. The zero-order chi connectivity index (χ0) is 25.2. The Morgan fingerprint density at radius 3 is 2.64 bits per heavy atom. The number of aromatic nitrogens is 4. The molecule has 10 heteroatoms. The van der Waals surface area contributed by atoms with E-state index >= 15 is 0 Å². The molecule has 36 heavy (non-hydrogen) atoms. The quantitative estimate of drug-likeness (QED) is 0.169. The summed E-state index contributed by atoms with van der Waals surface area (Å²) in [6, 6.07) is 21.7. The van der Waals surface area contributed by atoms with Gasteiger partial charge in [0, 0.05) is 45.7 Å². The number of rotatable bonds is 7. The molecule has 9 nitrogen and oxygen atoms in total. The third-order valence-electron chi connectivity index (χ3n) is 5.89. The molecule has 0 aliphatic heterocycles. The van der Waals surface area contributed by atoms with Crippen LogP contribution >= 0.6 is 11.8 Å². The van der Waals surface area contributed by atoms with Gasteiger partial charge >= 0.3 is 0 Å². The summed E-state index contributed by atoms with van der Waals surface area (Å²) in [5.74, 6) is 0.426. The maximum atomic E-state index is 12.6. The molecule has 0 radical (unpaired) electrons. The smallest absolute Gasteiger partial charge is 0.271 e. The third-order valence-corrected chi connectivity index (χ3v) is 6.82. The van der Waals surface area contributed by atoms with Crippen molar-refractivity contribution in [3.05, 3.63) is 94.2 Å². The van der Waals surface area contributed by atoms with Gasteiger partial charge in [-0.05, 0) is 55.8 Å². The van der Waals surface area contributed by atoms with Gasteiger partial charge in [0.25, 0.3) is 5.69 Å². The molecule has 180 valence electrons. The van der Waals surface area contributed by atoms with E-state index in [0.29, 0.717) is 16.7 Å². The Labute approximate surface area is 210 Å². The van der Waals surface area contributed by atoms with Crippen molar-refractivity contribution in [2.75, 3.05) is 11.1 Å². The number of nitrogens with one attached hydrogen (secondary N) is 2. The number of nitro benzene ring substituents is 1. The number of non-ortho nitro benzene ring substituents is 1. The first-order valence-electron chi connectivity index (χ1n) is 11.2. The van der Waals surface area contributed by atoms with E-state index in [1.54, 1.807) is 6.07 Å². The fourth-order valence-corrected chi connectivity index (χ4v) is 4.74. The summed E-state index contributed by atoms with van der Waals surface area (Å²) in [4.78, 5) is 26.5. The molecule has 5 rings (SSSR count). The maximum Gasteiger partial charge on any atom is 0.271 e. The van der Waals surface area contributed by atoms with Gasteiger partial charge in [-0.3, -0.25) is 19.5 Å². The molecule has 0 spiro atoms. The van der Waals surface area contributed by atoms with E-state index in [1.165, 1.54) is 35.5 Å². The molecular formula is C26H22N6O3S. The lowest BCUT2D eigenvalue weighted by molar-refractivity contribution is -0.384. The van der Waals surface area contributed by atoms with Gasteiger partial charge in [0.15, 0.2) is 11.0 Å². The second-order valence-corrected chi connectivity index (χ2v) is 9.20. The van der Waals surface area contributed by atoms with Crippen molar-refractivity contribution < 1.29 is 9.72 Å². The van der Waals surface area contributed by atoms with E-state index in [1.807, 2.05) is 47.0 Å². The fraction of sp³-hybridized carbons (Fsp3) is 0.115. The highest BCUT2D eigenvalue weighted by molar-refractivity contribution is 7.99. The van der Waals surface area contributed by atoms with Crippen molar-refractivity contribution in [3.8, 4) is 17.1 Å². The monoisotopic (exact) mass is 498 g/mol. The largest absolute Gasteiger partial charge is 0.358 e. The average molecular weight is 499 g/mol. The number of fused-ring (bicyclic) bond motifs is 1. The number of H-pyrrole nitrogens is 1. The van der Waals surface area contributed by atoms with Crippen LogP contribution in [0, 0.1) is 24.0 Å². The minimum absolute atomic E-state index is 0.0583. The molecule has 2 N–H and O–H groups in total. The van der Waals surface area contributed by atoms with E-state index in [9.17, 15) is 14.9 Å². The Bertz CT molecular complexity index is 1590. The Kier molecular flexibility index (Phi) is 6.26. The van der Waals surface area contributed by atoms with Crippen LogP contribution in [0.15, 0.2) is 78.0 Å². The van der Waals surface area contributed by atoms with Crippen LogP contribution < -0.4 is 5.32 Å². The number of carbonyl (C=O) groups is 1. The van der Waals surface area contributed by atoms with Crippen molar-refractivity contribution in [1.29, 1.82) is 0 Å². The van der Waals surface area contributed by atoms with Crippen LogP contribution in [-0.4, -0.2) is 36.3 Å². The number of benzene rings is 3. The van der Waals surface area contributed by atoms with Crippen molar-refractivity contribution in [1.82, 2.24) is 19.7 Å². The molecule has 0 bridgehead atoms. The minimum atomic E-state index is -0.498. The van der Waals surface area contributed by atoms with Crippen LogP contribution in [0.25, 0.3) is 28.0 Å². The molecule has 2 heterocycles. The van der Waals surface area contributed by atoms with Crippen LogP contribution in [0.5, 0.6) is 0 Å². The zero-order valence-corrected chi connectivity index (χ0v) is 20.4. The Balaban J connectivity index is 1.44. The number of aryl methyl sites for hydroxylation is 2. The molecule has 3 aromatic carbocycles. The van der Waals surface area contributed by atoms with Gasteiger partial charge in [-0.1, -0.05) is 36.0 Å². The highest BCUT2D eigenvalue weighted by Gasteiger charge is 2.18. The van der Waals surface area contributed by atoms with Crippen molar-refractivity contribution >= 4 is 39.9 Å². The zero-order valence-electron chi connectivity index (χ0n) is 19.6. The number of thioether (sulfide) groups is 1. The van der Waals surface area contributed by atoms with Crippen LogP contribution in [0.4, 0.5) is 11.4 Å². The highest BCUT2D eigenvalue weighted by atomic mass is 32.2. The molecule has 0 unspecified atom stereocenters. The lowest BCUT2D eigenvalue weighted by atomic mass is 10.1. The number of nitrogens with zero attached hydrogens (tertiary/aromatic N) is 4. The van der Waals surface area contributed by atoms with Gasteiger partial charge in [0.1, 0.15) is 0 Å². The number of hydrogen-bond acceptors (Lipinski definition) is 6. The van der Waals surface area contributed by atoms with Gasteiger partial charge in [-0.15, -0.1) is 10.2 Å². The van der Waals surface area contributed by atoms with E-state index in [0.717, 1.165) is 27.8 Å². The Morgan fingerprint density at radius 2 is 1.86 bits per heavy atom. The summed E-state index contributed by atoms with van der Waals surface area (Å²) >= 11 is 1.24. The van der Waals surface area contributed by atoms with Crippen molar-refractivity contribution in [3.63, 3.8) is 0 Å². The average Bonchev–Trinajstić information content (AvgIpc) is 3.43. The van der Waals surface area contributed by atoms with Crippen LogP contribution in [0.2, 0.25) is 0 Å². The molecule has 0 saturated heterocycles. The van der Waals surface area contributed by atoms with E-state index < -0.39 is 4.92 Å². The van der Waals surface area contributed by atoms with Crippen LogP contribution in [-0.2, 0) is 4.79 Å². The van der Waals surface area contributed by atoms with E-state index in [4.69, 9.17) is 0 Å². The summed E-state index contributed by atoms with van der Waals surface area (Å²) in [5, 5.41) is 24.3. The summed E-state index contributed by atoms with van der Waals surface area (Å²) in [6.45, 7) is 4.13. The summed E-state index contributed by atoms with van der Waals surface area (Å²) in [5.41, 5.74) is 5.44. The molecular weight excluding hydrogens is 476 g/mol. The van der Waals surface area contributed by atoms with Gasteiger partial charge in [-0.2, -0.15) is 0 Å². The molecule has 5 aromatic rings. The summed E-state index contributed by atoms with van der Waals surface area (Å²) < 4.78 is 1.93. The first kappa shape index (κ1) is 23.3. The number of para-hydroxylation sites is 1. The van der Waals surface area contributed by atoms with Crippen molar-refractivity contribution in [2.45, 2.75) is 19.0 Å². The SMILES string of the molecule is Cc1[nH]c2ccc(-c3nnc(SCC(=O)Nc4cccc([N+](=O)[O-])c4)n3-c3ccccc3)cc2c1C. The summed E-state index contributed by atoms with van der Waals surface area (Å²) in [6.07, 6.45) is 0. The van der Waals surface area contributed by atoms with Crippen molar-refractivity contribution in [2.24, 2.45) is 0 Å². The molecule has 2 aromatic heterocycles. The number of nitro groups is 1. The Hall–Kier alpha value is -4.44. The van der Waals surface area contributed by atoms with Gasteiger partial charge < -0.3 is 10.3 Å². The number of aromatic amines is 1. The third kappa shape index (κ3) is 4.58. The molecule has 0 fully saturated rings. The van der Waals surface area contributed by atoms with Crippen LogP contribution in [0.1, 0.15) is 11.3 Å². The first-order chi connectivity index (χ1) is 17.4. The van der Waals surface area contributed by atoms with Gasteiger partial charge in [-0.25, -0.2) is 0 Å². The maximum absolute atomic E-state index is 12.6. The van der Waals surface area contributed by atoms with Gasteiger partial charge in [0.05, 0.1) is 10.7 Å². The predicted molar refractivity (Wildman–Crippen MR) is 141 cm³/mol. The molecule has 0 aliphatic carbocycles. The highest BCUT2D eigenvalue weighted by Crippen LogP contribution is 2.31. The normalized spacial score (nSPS) is 11.1. The topological polar surface area (TPSA) is 119 Å². The van der Waals surface area contributed by atoms with E-state index in [2.05, 4.69) is 40.4 Å². The lowest BCUT2D eigenvalue weighted by Gasteiger charge is -2.11. The Morgan fingerprint density at radius 1 is 1.06 bits per heavy atom. The summed E-state index contributed by atoms with van der Waals surface area (Å²) in [7, 11) is 0. The molecule has 1 amide bonds. The van der Waals surface area contributed by atoms with E-state index in [-0.39, 0.29) is 17.3 Å². The fourth-order valence-electron chi connectivity index (χ4n) is 3.98. The predicted octanol–water partition coefficient (Wildman–Crippen LogP) is 5.67. The molecule has 0 saturated carbocycles. The standard InChI is InChI=1S/C26H22N6O3S/c1-16-17(2)27-23-12-11-18(13-22(16)23)25-29-30-26(31(25)20-8-4-3-5-9-20)36-15-24(33)28-19-7-6-10-21(14-19)32(34)35/h3-14,27H,15H2,1-2H3,(H,28,33). The second kappa shape index (κ2) is 9.67. The molecule has 0 atom stereocenters.